The molecule has 0 heterocycles. The molecule has 2 unspecified atom stereocenters. The van der Waals surface area contributed by atoms with Gasteiger partial charge in [0.2, 0.25) is 0 Å². The Bertz CT molecular complexity index is 707. The third-order valence-corrected chi connectivity index (χ3v) is 7.55. The molecule has 0 radical (unpaired) electrons. The minimum Gasteiger partial charge on any atom is -0.295 e. The molecule has 0 spiro atoms. The highest BCUT2D eigenvalue weighted by Gasteiger charge is 2.07. The lowest BCUT2D eigenvalue weighted by atomic mass is 9.99. The average Bonchev–Trinajstić information content (AvgIpc) is 2.69. The van der Waals surface area contributed by atoms with Crippen molar-refractivity contribution >= 4 is 22.9 Å². The van der Waals surface area contributed by atoms with Gasteiger partial charge < -0.3 is 0 Å². The third-order valence-electron chi connectivity index (χ3n) is 4.88. The molecule has 0 bridgehead atoms. The highest BCUT2D eigenvalue weighted by molar-refractivity contribution is 7.37. The molecule has 0 saturated heterocycles. The normalized spacial score (nSPS) is 11.8. The van der Waals surface area contributed by atoms with Gasteiger partial charge in [0.1, 0.15) is 0 Å². The number of rotatable bonds is 12. The van der Waals surface area contributed by atoms with Crippen molar-refractivity contribution in [2.24, 2.45) is 0 Å². The number of carbonyl (C=O) groups is 1. The summed E-state index contributed by atoms with van der Waals surface area (Å²) in [6.07, 6.45) is 10.5. The van der Waals surface area contributed by atoms with Gasteiger partial charge in [-0.05, 0) is 66.7 Å². The SMILES string of the molecule is CCCCPCc1ccc(-c2ccc(C(C)=O)cc2)cc1CPCCCC. The predicted octanol–water partition coefficient (Wildman–Crippen LogP) is 7.51. The van der Waals surface area contributed by atoms with E-state index in [9.17, 15) is 4.79 Å². The molecule has 0 amide bonds. The van der Waals surface area contributed by atoms with Crippen molar-refractivity contribution < 1.29 is 4.79 Å². The van der Waals surface area contributed by atoms with E-state index in [0.29, 0.717) is 0 Å². The van der Waals surface area contributed by atoms with E-state index in [1.165, 1.54) is 61.5 Å². The van der Waals surface area contributed by atoms with Gasteiger partial charge in [0.05, 0.1) is 0 Å². The van der Waals surface area contributed by atoms with Crippen LogP contribution in [0.15, 0.2) is 42.5 Å². The summed E-state index contributed by atoms with van der Waals surface area (Å²) >= 11 is 0. The van der Waals surface area contributed by atoms with Crippen LogP contribution >= 0.6 is 17.2 Å². The maximum Gasteiger partial charge on any atom is 0.159 e. The van der Waals surface area contributed by atoms with Crippen molar-refractivity contribution in [3.8, 4) is 11.1 Å². The van der Waals surface area contributed by atoms with Gasteiger partial charge >= 0.3 is 0 Å². The standard InChI is InChI=1S/C24H34OP2/c1-4-6-14-26-17-23-13-12-22(16-24(23)18-27-15-7-5-2)21-10-8-20(9-11-21)19(3)25/h8-13,16,26-27H,4-7,14-15,17-18H2,1-3H3. The maximum atomic E-state index is 11.5. The Balaban J connectivity index is 2.16. The lowest BCUT2D eigenvalue weighted by Gasteiger charge is -2.13. The van der Waals surface area contributed by atoms with Crippen molar-refractivity contribution in [3.63, 3.8) is 0 Å². The highest BCUT2D eigenvalue weighted by atomic mass is 31.1. The van der Waals surface area contributed by atoms with Crippen molar-refractivity contribution in [2.75, 3.05) is 12.3 Å². The van der Waals surface area contributed by atoms with Crippen LogP contribution in [0.4, 0.5) is 0 Å². The molecule has 0 saturated carbocycles. The molecule has 0 fully saturated rings. The van der Waals surface area contributed by atoms with Gasteiger partial charge in [-0.15, -0.1) is 17.2 Å². The number of hydrogen-bond donors (Lipinski definition) is 0. The van der Waals surface area contributed by atoms with Gasteiger partial charge in [-0.1, -0.05) is 69.2 Å². The molecule has 0 aliphatic carbocycles. The summed E-state index contributed by atoms with van der Waals surface area (Å²) in [4.78, 5) is 11.5. The minimum absolute atomic E-state index is 0.128. The van der Waals surface area contributed by atoms with Crippen molar-refractivity contribution in [3.05, 3.63) is 59.2 Å². The van der Waals surface area contributed by atoms with Gasteiger partial charge in [0, 0.05) is 5.56 Å². The fourth-order valence-electron chi connectivity index (χ4n) is 3.09. The second-order valence-electron chi connectivity index (χ2n) is 7.18. The molecule has 3 heteroatoms. The lowest BCUT2D eigenvalue weighted by molar-refractivity contribution is 0.101. The van der Waals surface area contributed by atoms with E-state index in [-0.39, 0.29) is 5.78 Å². The Morgan fingerprint density at radius 2 is 1.33 bits per heavy atom. The van der Waals surface area contributed by atoms with E-state index in [0.717, 1.165) is 22.7 Å². The van der Waals surface area contributed by atoms with E-state index in [1.54, 1.807) is 18.1 Å². The second kappa shape index (κ2) is 12.4. The Hall–Kier alpha value is -1.03. The first-order chi connectivity index (χ1) is 13.2. The zero-order valence-corrected chi connectivity index (χ0v) is 19.1. The largest absolute Gasteiger partial charge is 0.295 e. The van der Waals surface area contributed by atoms with Crippen LogP contribution in [0.25, 0.3) is 11.1 Å². The number of hydrogen-bond acceptors (Lipinski definition) is 1. The molecule has 27 heavy (non-hydrogen) atoms. The topological polar surface area (TPSA) is 17.1 Å². The van der Waals surface area contributed by atoms with E-state index < -0.39 is 0 Å². The van der Waals surface area contributed by atoms with Crippen molar-refractivity contribution in [1.82, 2.24) is 0 Å². The molecule has 146 valence electrons. The van der Waals surface area contributed by atoms with Crippen LogP contribution in [0.3, 0.4) is 0 Å². The van der Waals surface area contributed by atoms with Crippen LogP contribution in [0, 0.1) is 0 Å². The average molecular weight is 400 g/mol. The van der Waals surface area contributed by atoms with Crippen LogP contribution in [0.5, 0.6) is 0 Å². The van der Waals surface area contributed by atoms with Crippen LogP contribution in [-0.2, 0) is 12.3 Å². The Morgan fingerprint density at radius 1 is 0.778 bits per heavy atom. The fourth-order valence-corrected chi connectivity index (χ4v) is 5.86. The summed E-state index contributed by atoms with van der Waals surface area (Å²) in [5, 5.41) is 0. The molecule has 1 nitrogen and oxygen atoms in total. The molecular formula is C24H34OP2. The summed E-state index contributed by atoms with van der Waals surface area (Å²) in [7, 11) is 2.07. The summed E-state index contributed by atoms with van der Waals surface area (Å²) < 4.78 is 0. The Kier molecular flexibility index (Phi) is 10.3. The van der Waals surface area contributed by atoms with Crippen LogP contribution in [0.1, 0.15) is 67.9 Å². The van der Waals surface area contributed by atoms with Gasteiger partial charge in [0.25, 0.3) is 0 Å². The predicted molar refractivity (Wildman–Crippen MR) is 125 cm³/mol. The van der Waals surface area contributed by atoms with Crippen molar-refractivity contribution in [2.45, 2.75) is 58.8 Å². The van der Waals surface area contributed by atoms with Gasteiger partial charge in [-0.3, -0.25) is 4.79 Å². The number of carbonyl (C=O) groups excluding carboxylic acids is 1. The molecular weight excluding hydrogens is 366 g/mol. The molecule has 0 aromatic heterocycles. The summed E-state index contributed by atoms with van der Waals surface area (Å²) in [5.74, 6) is 0.128. The Morgan fingerprint density at radius 3 is 1.89 bits per heavy atom. The molecule has 0 aliphatic heterocycles. The molecule has 2 aromatic carbocycles. The van der Waals surface area contributed by atoms with Crippen LogP contribution in [-0.4, -0.2) is 18.1 Å². The first-order valence-corrected chi connectivity index (χ1v) is 13.1. The number of Topliss-reactive ketones (excluding diaryl/α,β-unsaturated/α-hetero) is 1. The quantitative estimate of drug-likeness (QED) is 0.205. The first-order valence-electron chi connectivity index (χ1n) is 10.3. The monoisotopic (exact) mass is 400 g/mol. The zero-order valence-electron chi connectivity index (χ0n) is 17.1. The van der Waals surface area contributed by atoms with Crippen molar-refractivity contribution in [1.29, 1.82) is 0 Å². The second-order valence-corrected chi connectivity index (χ2v) is 9.88. The van der Waals surface area contributed by atoms with Crippen LogP contribution < -0.4 is 0 Å². The number of benzene rings is 2. The molecule has 0 aliphatic rings. The molecule has 2 rings (SSSR count). The van der Waals surface area contributed by atoms with Gasteiger partial charge in [-0.2, -0.15) is 0 Å². The van der Waals surface area contributed by atoms with E-state index in [1.807, 2.05) is 12.1 Å². The minimum atomic E-state index is 0.128. The molecule has 2 aromatic rings. The highest BCUT2D eigenvalue weighted by Crippen LogP contribution is 2.31. The molecule has 0 N–H and O–H groups in total. The van der Waals surface area contributed by atoms with E-state index in [4.69, 9.17) is 0 Å². The summed E-state index contributed by atoms with van der Waals surface area (Å²) in [6.45, 7) is 6.17. The zero-order chi connectivity index (χ0) is 19.5. The third kappa shape index (κ3) is 7.48. The van der Waals surface area contributed by atoms with Gasteiger partial charge in [0.15, 0.2) is 5.78 Å². The smallest absolute Gasteiger partial charge is 0.159 e. The van der Waals surface area contributed by atoms with E-state index in [2.05, 4.69) is 44.2 Å². The van der Waals surface area contributed by atoms with E-state index >= 15 is 0 Å². The lowest BCUT2D eigenvalue weighted by Crippen LogP contribution is -1.94. The number of unbranched alkanes of at least 4 members (excludes halogenated alkanes) is 2. The molecule has 2 atom stereocenters. The summed E-state index contributed by atoms with van der Waals surface area (Å²) in [5.41, 5.74) is 6.37. The summed E-state index contributed by atoms with van der Waals surface area (Å²) in [6, 6.07) is 15.1. The number of ketones is 1. The fraction of sp³-hybridized carbons (Fsp3) is 0.458. The van der Waals surface area contributed by atoms with Crippen LogP contribution in [0.2, 0.25) is 0 Å². The Labute approximate surface area is 169 Å². The first kappa shape index (κ1) is 22.3. The van der Waals surface area contributed by atoms with Gasteiger partial charge in [-0.25, -0.2) is 0 Å². The maximum absolute atomic E-state index is 11.5.